The smallest absolute Gasteiger partial charge is 0.0726 e. The van der Waals surface area contributed by atoms with E-state index < -0.39 is 0 Å². The van der Waals surface area contributed by atoms with Gasteiger partial charge in [0.1, 0.15) is 0 Å². The van der Waals surface area contributed by atoms with E-state index in [2.05, 4.69) is 23.5 Å². The Kier molecular flexibility index (Phi) is 3.64. The molecule has 2 rings (SSSR count). The van der Waals surface area contributed by atoms with E-state index in [-0.39, 0.29) is 0 Å². The maximum Gasteiger partial charge on any atom is 0.0726 e. The lowest BCUT2D eigenvalue weighted by molar-refractivity contribution is 0.579. The average Bonchev–Trinajstić information content (AvgIpc) is 2.85. The quantitative estimate of drug-likeness (QED) is 0.804. The molecule has 15 heavy (non-hydrogen) atoms. The third-order valence-corrected chi connectivity index (χ3v) is 3.16. The summed E-state index contributed by atoms with van der Waals surface area (Å²) in [5, 5.41) is 7.79. The zero-order chi connectivity index (χ0) is 10.5. The molecule has 3 nitrogen and oxygen atoms in total. The number of aromatic nitrogens is 2. The second-order valence-corrected chi connectivity index (χ2v) is 4.52. The predicted octanol–water partition coefficient (Wildman–Crippen LogP) is 2.90. The molecular formula is C12H21N3. The maximum atomic E-state index is 4.31. The minimum atomic E-state index is 0.888. The van der Waals surface area contributed by atoms with Gasteiger partial charge >= 0.3 is 0 Å². The first kappa shape index (κ1) is 10.5. The summed E-state index contributed by atoms with van der Waals surface area (Å²) in [5.74, 6) is 0.888. The van der Waals surface area contributed by atoms with Crippen molar-refractivity contribution in [2.24, 2.45) is 5.92 Å². The average molecular weight is 207 g/mol. The number of hydrogen-bond acceptors (Lipinski definition) is 2. The third-order valence-electron chi connectivity index (χ3n) is 3.16. The Morgan fingerprint density at radius 2 is 2.27 bits per heavy atom. The van der Waals surface area contributed by atoms with Crippen molar-refractivity contribution in [3.63, 3.8) is 0 Å². The molecule has 1 fully saturated rings. The third kappa shape index (κ3) is 2.98. The Balaban J connectivity index is 1.77. The van der Waals surface area contributed by atoms with Crippen molar-refractivity contribution in [1.82, 2.24) is 9.78 Å². The van der Waals surface area contributed by atoms with Crippen LogP contribution in [0, 0.1) is 5.92 Å². The van der Waals surface area contributed by atoms with Crippen molar-refractivity contribution in [2.45, 2.75) is 45.6 Å². The van der Waals surface area contributed by atoms with Gasteiger partial charge in [-0.25, -0.2) is 0 Å². The van der Waals surface area contributed by atoms with Crippen LogP contribution < -0.4 is 5.32 Å². The number of nitrogens with zero attached hydrogens (tertiary/aromatic N) is 2. The molecule has 1 N–H and O–H groups in total. The lowest BCUT2D eigenvalue weighted by Crippen LogP contribution is -2.10. The van der Waals surface area contributed by atoms with Crippen LogP contribution >= 0.6 is 0 Å². The molecule has 1 aromatic heterocycles. The first-order valence-corrected chi connectivity index (χ1v) is 6.15. The molecule has 0 aliphatic heterocycles. The van der Waals surface area contributed by atoms with Crippen LogP contribution in [0.1, 0.15) is 39.0 Å². The van der Waals surface area contributed by atoms with Crippen molar-refractivity contribution >= 4 is 5.69 Å². The van der Waals surface area contributed by atoms with E-state index in [9.17, 15) is 0 Å². The highest BCUT2D eigenvalue weighted by atomic mass is 15.3. The van der Waals surface area contributed by atoms with Gasteiger partial charge < -0.3 is 5.32 Å². The normalized spacial score (nSPS) is 17.1. The van der Waals surface area contributed by atoms with E-state index in [1.807, 2.05) is 10.9 Å². The molecule has 0 aromatic carbocycles. The Hall–Kier alpha value is -0.990. The molecule has 1 aliphatic rings. The van der Waals surface area contributed by atoms with Crippen molar-refractivity contribution in [2.75, 3.05) is 11.9 Å². The Morgan fingerprint density at radius 3 is 3.00 bits per heavy atom. The highest BCUT2D eigenvalue weighted by Gasteiger charge is 2.14. The Bertz CT molecular complexity index is 287. The molecule has 1 aliphatic carbocycles. The predicted molar refractivity (Wildman–Crippen MR) is 63.0 cm³/mol. The standard InChI is InChI=1S/C12H21N3/c1-2-7-15-10-12(9-14-15)13-8-11-5-3-4-6-11/h9-11,13H,2-8H2,1H3. The van der Waals surface area contributed by atoms with Gasteiger partial charge in [-0.15, -0.1) is 0 Å². The number of hydrogen-bond donors (Lipinski definition) is 1. The minimum Gasteiger partial charge on any atom is -0.382 e. The van der Waals surface area contributed by atoms with E-state index in [4.69, 9.17) is 0 Å². The van der Waals surface area contributed by atoms with Gasteiger partial charge in [-0.3, -0.25) is 4.68 Å². The second-order valence-electron chi connectivity index (χ2n) is 4.52. The molecule has 0 bridgehead atoms. The molecule has 0 atom stereocenters. The summed E-state index contributed by atoms with van der Waals surface area (Å²) in [6, 6.07) is 0. The van der Waals surface area contributed by atoms with Crippen LogP contribution in [0.2, 0.25) is 0 Å². The van der Waals surface area contributed by atoms with Crippen molar-refractivity contribution in [3.05, 3.63) is 12.4 Å². The fourth-order valence-corrected chi connectivity index (χ4v) is 2.28. The minimum absolute atomic E-state index is 0.888. The summed E-state index contributed by atoms with van der Waals surface area (Å²) in [4.78, 5) is 0. The first-order valence-electron chi connectivity index (χ1n) is 6.15. The van der Waals surface area contributed by atoms with Gasteiger partial charge in [0.2, 0.25) is 0 Å². The molecule has 0 amide bonds. The maximum absolute atomic E-state index is 4.31. The van der Waals surface area contributed by atoms with Gasteiger partial charge in [0.25, 0.3) is 0 Å². The van der Waals surface area contributed by atoms with Gasteiger partial charge in [0, 0.05) is 19.3 Å². The zero-order valence-corrected chi connectivity index (χ0v) is 9.58. The molecule has 0 unspecified atom stereocenters. The van der Waals surface area contributed by atoms with Gasteiger partial charge in [0.05, 0.1) is 11.9 Å². The Labute approximate surface area is 91.9 Å². The van der Waals surface area contributed by atoms with Crippen LogP contribution in [0.15, 0.2) is 12.4 Å². The largest absolute Gasteiger partial charge is 0.382 e. The summed E-state index contributed by atoms with van der Waals surface area (Å²) in [5.41, 5.74) is 1.18. The lowest BCUT2D eigenvalue weighted by atomic mass is 10.1. The topological polar surface area (TPSA) is 29.9 Å². The molecule has 0 radical (unpaired) electrons. The monoisotopic (exact) mass is 207 g/mol. The van der Waals surface area contributed by atoms with E-state index >= 15 is 0 Å². The molecule has 1 aromatic rings. The second kappa shape index (κ2) is 5.19. The molecular weight excluding hydrogens is 186 g/mol. The summed E-state index contributed by atoms with van der Waals surface area (Å²) in [6.45, 7) is 4.32. The Morgan fingerprint density at radius 1 is 1.47 bits per heavy atom. The first-order chi connectivity index (χ1) is 7.38. The molecule has 1 heterocycles. The molecule has 3 heteroatoms. The number of anilines is 1. The summed E-state index contributed by atoms with van der Waals surface area (Å²) >= 11 is 0. The van der Waals surface area contributed by atoms with Crippen LogP contribution in [-0.2, 0) is 6.54 Å². The van der Waals surface area contributed by atoms with E-state index in [0.29, 0.717) is 0 Å². The van der Waals surface area contributed by atoms with Crippen molar-refractivity contribution in [3.8, 4) is 0 Å². The summed E-state index contributed by atoms with van der Waals surface area (Å²) in [6.07, 6.45) is 10.8. The van der Waals surface area contributed by atoms with Gasteiger partial charge in [0.15, 0.2) is 0 Å². The summed E-state index contributed by atoms with van der Waals surface area (Å²) in [7, 11) is 0. The van der Waals surface area contributed by atoms with Crippen molar-refractivity contribution in [1.29, 1.82) is 0 Å². The fourth-order valence-electron chi connectivity index (χ4n) is 2.28. The SMILES string of the molecule is CCCn1cc(NCC2CCCC2)cn1. The van der Waals surface area contributed by atoms with Crippen LogP contribution in [0.4, 0.5) is 5.69 Å². The van der Waals surface area contributed by atoms with E-state index in [0.717, 1.165) is 25.4 Å². The van der Waals surface area contributed by atoms with E-state index in [1.54, 1.807) is 0 Å². The van der Waals surface area contributed by atoms with Gasteiger partial charge in [-0.05, 0) is 25.2 Å². The molecule has 0 spiro atoms. The molecule has 84 valence electrons. The molecule has 0 saturated heterocycles. The van der Waals surface area contributed by atoms with Gasteiger partial charge in [-0.2, -0.15) is 5.10 Å². The number of rotatable bonds is 5. The highest BCUT2D eigenvalue weighted by Crippen LogP contribution is 2.24. The van der Waals surface area contributed by atoms with E-state index in [1.165, 1.54) is 31.4 Å². The molecule has 1 saturated carbocycles. The van der Waals surface area contributed by atoms with Crippen LogP contribution in [0.25, 0.3) is 0 Å². The van der Waals surface area contributed by atoms with Crippen LogP contribution in [0.3, 0.4) is 0 Å². The summed E-state index contributed by atoms with van der Waals surface area (Å²) < 4.78 is 2.01. The van der Waals surface area contributed by atoms with Crippen LogP contribution in [-0.4, -0.2) is 16.3 Å². The zero-order valence-electron chi connectivity index (χ0n) is 9.58. The number of nitrogens with one attached hydrogen (secondary N) is 1. The lowest BCUT2D eigenvalue weighted by Gasteiger charge is -2.09. The number of aryl methyl sites for hydroxylation is 1. The van der Waals surface area contributed by atoms with Crippen molar-refractivity contribution < 1.29 is 0 Å². The van der Waals surface area contributed by atoms with Crippen LogP contribution in [0.5, 0.6) is 0 Å². The van der Waals surface area contributed by atoms with Gasteiger partial charge in [-0.1, -0.05) is 19.8 Å². The fraction of sp³-hybridized carbons (Fsp3) is 0.750. The highest BCUT2D eigenvalue weighted by molar-refractivity contribution is 5.38.